The molecule has 0 aromatic carbocycles. The molecule has 0 aliphatic heterocycles. The van der Waals surface area contributed by atoms with Crippen LogP contribution in [-0.4, -0.2) is 29.1 Å². The molecule has 1 atom stereocenters. The Hall–Kier alpha value is -0.300. The van der Waals surface area contributed by atoms with Gasteiger partial charge in [-0.25, -0.2) is 0 Å². The van der Waals surface area contributed by atoms with E-state index in [2.05, 4.69) is 0 Å². The molecule has 0 aliphatic carbocycles. The molecule has 0 bridgehead atoms. The van der Waals surface area contributed by atoms with E-state index in [0.717, 1.165) is 0 Å². The lowest BCUT2D eigenvalue weighted by molar-refractivity contribution is -0.136. The minimum Gasteiger partial charge on any atom is -0.481 e. The van der Waals surface area contributed by atoms with Crippen LogP contribution in [0.3, 0.4) is 0 Å². The minimum atomic E-state index is -2.45. The number of carbonyl (C=O) groups is 1. The highest BCUT2D eigenvalue weighted by Gasteiger charge is 2.33. The van der Waals surface area contributed by atoms with Gasteiger partial charge in [-0.15, -0.1) is 0 Å². The van der Waals surface area contributed by atoms with Crippen LogP contribution in [0.2, 0.25) is 0 Å². The second-order valence-electron chi connectivity index (χ2n) is 2.85. The molecule has 0 rings (SSSR count). The van der Waals surface area contributed by atoms with Gasteiger partial charge in [0, 0.05) is 0 Å². The third-order valence-electron chi connectivity index (χ3n) is 2.31. The molecule has 0 spiro atoms. The van der Waals surface area contributed by atoms with Crippen molar-refractivity contribution in [3.63, 3.8) is 0 Å². The van der Waals surface area contributed by atoms with Crippen molar-refractivity contribution in [2.45, 2.75) is 32.9 Å². The van der Waals surface area contributed by atoms with Crippen LogP contribution >= 0.6 is 7.14 Å². The third-order valence-corrected chi connectivity index (χ3v) is 6.17. The normalized spacial score (nSPS) is 14.2. The van der Waals surface area contributed by atoms with Crippen LogP contribution in [0.25, 0.3) is 0 Å². The molecule has 12 heavy (non-hydrogen) atoms. The van der Waals surface area contributed by atoms with Gasteiger partial charge in [-0.05, 0) is 18.7 Å². The summed E-state index contributed by atoms with van der Waals surface area (Å²) >= 11 is 0. The van der Waals surface area contributed by atoms with E-state index in [0.29, 0.717) is 18.7 Å². The summed E-state index contributed by atoms with van der Waals surface area (Å²) in [6.07, 6.45) is 1.46. The second kappa shape index (κ2) is 4.66. The number of rotatable bonds is 5. The van der Waals surface area contributed by atoms with Crippen molar-refractivity contribution in [2.75, 3.05) is 12.3 Å². The van der Waals surface area contributed by atoms with E-state index in [4.69, 9.17) is 5.11 Å². The van der Waals surface area contributed by atoms with Crippen molar-refractivity contribution < 1.29 is 14.5 Å². The largest absolute Gasteiger partial charge is 0.481 e. The first-order valence-electron chi connectivity index (χ1n) is 4.32. The number of aliphatic carboxylic acids is 1. The highest BCUT2D eigenvalue weighted by Crippen LogP contribution is 2.51. The molecule has 0 heterocycles. The monoisotopic (exact) mass is 192 g/mol. The van der Waals surface area contributed by atoms with Crippen molar-refractivity contribution in [3.8, 4) is 0 Å². The molecule has 0 saturated carbocycles. The second-order valence-corrected chi connectivity index (χ2v) is 6.64. The van der Waals surface area contributed by atoms with E-state index < -0.39 is 18.8 Å². The Morgan fingerprint density at radius 1 is 1.33 bits per heavy atom. The van der Waals surface area contributed by atoms with Crippen molar-refractivity contribution in [1.29, 1.82) is 0 Å². The molecule has 0 aliphatic rings. The fourth-order valence-electron chi connectivity index (χ4n) is 1.37. The van der Waals surface area contributed by atoms with Crippen LogP contribution < -0.4 is 0 Å². The smallest absolute Gasteiger partial charge is 0.313 e. The Morgan fingerprint density at radius 3 is 1.83 bits per heavy atom. The Bertz CT molecular complexity index is 192. The number of carboxylic acid groups (broad SMARTS) is 1. The van der Waals surface area contributed by atoms with E-state index in [1.54, 1.807) is 20.8 Å². The summed E-state index contributed by atoms with van der Waals surface area (Å²) in [5.41, 5.74) is -0.632. The highest BCUT2D eigenvalue weighted by molar-refractivity contribution is 7.65. The fraction of sp³-hybridized carbons (Fsp3) is 0.875. The first kappa shape index (κ1) is 11.7. The fourth-order valence-corrected chi connectivity index (χ4v) is 3.77. The van der Waals surface area contributed by atoms with E-state index in [-0.39, 0.29) is 0 Å². The van der Waals surface area contributed by atoms with E-state index in [1.165, 1.54) is 0 Å². The maximum Gasteiger partial charge on any atom is 0.313 e. The summed E-state index contributed by atoms with van der Waals surface area (Å²) in [6.45, 7) is 5.38. The van der Waals surface area contributed by atoms with Crippen molar-refractivity contribution >= 4 is 13.1 Å². The van der Waals surface area contributed by atoms with Gasteiger partial charge in [-0.1, -0.05) is 20.8 Å². The predicted molar refractivity (Wildman–Crippen MR) is 50.4 cm³/mol. The molecule has 0 fully saturated rings. The van der Waals surface area contributed by atoms with Gasteiger partial charge in [-0.2, -0.15) is 0 Å². The number of hydrogen-bond acceptors (Lipinski definition) is 2. The summed E-state index contributed by atoms with van der Waals surface area (Å²) < 4.78 is 11.9. The van der Waals surface area contributed by atoms with E-state index in [1.807, 2.05) is 0 Å². The van der Waals surface area contributed by atoms with Crippen LogP contribution in [0.5, 0.6) is 0 Å². The lowest BCUT2D eigenvalue weighted by Crippen LogP contribution is -2.21. The molecule has 0 radical (unpaired) electrons. The summed E-state index contributed by atoms with van der Waals surface area (Å²) in [6, 6.07) is 0. The quantitative estimate of drug-likeness (QED) is 0.679. The molecule has 1 N–H and O–H groups in total. The van der Waals surface area contributed by atoms with Gasteiger partial charge in [0.15, 0.2) is 0 Å². The van der Waals surface area contributed by atoms with Gasteiger partial charge in [0.05, 0.1) is 0 Å². The topological polar surface area (TPSA) is 54.4 Å². The van der Waals surface area contributed by atoms with Gasteiger partial charge < -0.3 is 9.67 Å². The van der Waals surface area contributed by atoms with Crippen molar-refractivity contribution in [2.24, 2.45) is 0 Å². The Morgan fingerprint density at radius 2 is 1.75 bits per heavy atom. The molecule has 0 amide bonds. The summed E-state index contributed by atoms with van der Waals surface area (Å²) in [7, 11) is -2.45. The van der Waals surface area contributed by atoms with Gasteiger partial charge in [0.1, 0.15) is 12.8 Å². The first-order valence-corrected chi connectivity index (χ1v) is 6.47. The zero-order valence-electron chi connectivity index (χ0n) is 7.91. The van der Waals surface area contributed by atoms with Gasteiger partial charge in [0.25, 0.3) is 0 Å². The molecular formula is C8H17O3P. The zero-order chi connectivity index (χ0) is 9.78. The average molecular weight is 192 g/mol. The lowest BCUT2D eigenvalue weighted by atomic mass is 10.3. The highest BCUT2D eigenvalue weighted by atomic mass is 31.2. The number of hydrogen-bond donors (Lipinski definition) is 1. The SMILES string of the molecule is CCC(C(=O)O)P(=O)(CC)CC. The maximum atomic E-state index is 11.9. The standard InChI is InChI=1S/C8H17O3P/c1-4-7(8(9)10)12(11,5-2)6-3/h7H,4-6H2,1-3H3,(H,9,10). The Labute approximate surface area is 73.5 Å². The average Bonchev–Trinajstić information content (AvgIpc) is 2.04. The molecule has 1 unspecified atom stereocenters. The first-order chi connectivity index (χ1) is 5.51. The minimum absolute atomic E-state index is 0.467. The maximum absolute atomic E-state index is 11.9. The lowest BCUT2D eigenvalue weighted by Gasteiger charge is -2.20. The zero-order valence-corrected chi connectivity index (χ0v) is 8.80. The molecular weight excluding hydrogens is 175 g/mol. The van der Waals surface area contributed by atoms with E-state index >= 15 is 0 Å². The molecule has 3 nitrogen and oxygen atoms in total. The summed E-state index contributed by atoms with van der Waals surface area (Å²) in [5, 5.41) is 8.80. The van der Waals surface area contributed by atoms with Crippen LogP contribution in [0.4, 0.5) is 0 Å². The van der Waals surface area contributed by atoms with Crippen LogP contribution in [0, 0.1) is 0 Å². The van der Waals surface area contributed by atoms with Gasteiger partial charge in [-0.3, -0.25) is 4.79 Å². The molecule has 4 heteroatoms. The Balaban J connectivity index is 4.68. The van der Waals surface area contributed by atoms with Crippen LogP contribution in [0.1, 0.15) is 27.2 Å². The molecule has 0 aromatic rings. The van der Waals surface area contributed by atoms with Gasteiger partial charge in [0.2, 0.25) is 0 Å². The molecule has 0 saturated heterocycles. The Kier molecular flexibility index (Phi) is 4.54. The molecule has 72 valence electrons. The third kappa shape index (κ3) is 2.34. The van der Waals surface area contributed by atoms with Crippen LogP contribution in [0.15, 0.2) is 0 Å². The van der Waals surface area contributed by atoms with E-state index in [9.17, 15) is 9.36 Å². The summed E-state index contributed by atoms with van der Waals surface area (Å²) in [4.78, 5) is 10.7. The predicted octanol–water partition coefficient (Wildman–Crippen LogP) is 2.25. The van der Waals surface area contributed by atoms with Crippen molar-refractivity contribution in [1.82, 2.24) is 0 Å². The van der Waals surface area contributed by atoms with Gasteiger partial charge >= 0.3 is 5.97 Å². The summed E-state index contributed by atoms with van der Waals surface area (Å²) in [5.74, 6) is -0.912. The number of carboxylic acids is 1. The molecule has 0 aromatic heterocycles. The van der Waals surface area contributed by atoms with Crippen LogP contribution in [-0.2, 0) is 9.36 Å². The van der Waals surface area contributed by atoms with Crippen molar-refractivity contribution in [3.05, 3.63) is 0 Å².